The van der Waals surface area contributed by atoms with E-state index in [2.05, 4.69) is 25.0 Å². The Hall–Kier alpha value is -1.38. The molecule has 33 heavy (non-hydrogen) atoms. The number of aromatic nitrogens is 2. The van der Waals surface area contributed by atoms with Gasteiger partial charge in [0.1, 0.15) is 6.07 Å². The zero-order chi connectivity index (χ0) is 23.4. The normalized spacial score (nSPS) is 44.2. The molecule has 0 saturated heterocycles. The van der Waals surface area contributed by atoms with Crippen molar-refractivity contribution in [3.63, 3.8) is 0 Å². The highest BCUT2D eigenvalue weighted by atomic mass is 16.5. The second-order valence-electron chi connectivity index (χ2n) is 12.7. The lowest BCUT2D eigenvalue weighted by Gasteiger charge is -2.58. The Morgan fingerprint density at radius 3 is 2.76 bits per heavy atom. The third kappa shape index (κ3) is 3.96. The summed E-state index contributed by atoms with van der Waals surface area (Å²) in [5, 5.41) is 25.2. The molecule has 0 radical (unpaired) electrons. The van der Waals surface area contributed by atoms with E-state index in [0.29, 0.717) is 12.1 Å². The van der Waals surface area contributed by atoms with E-state index in [9.17, 15) is 5.11 Å². The van der Waals surface area contributed by atoms with Crippen molar-refractivity contribution >= 4 is 0 Å². The average molecular weight is 454 g/mol. The van der Waals surface area contributed by atoms with E-state index < -0.39 is 5.60 Å². The summed E-state index contributed by atoms with van der Waals surface area (Å²) in [5.74, 6) is 6.07. The summed E-state index contributed by atoms with van der Waals surface area (Å²) in [5.41, 5.74) is -0.0423. The van der Waals surface area contributed by atoms with Gasteiger partial charge in [-0.05, 0) is 111 Å². The van der Waals surface area contributed by atoms with Crippen LogP contribution in [0.15, 0.2) is 12.4 Å². The summed E-state index contributed by atoms with van der Waals surface area (Å²) in [7, 11) is 1.86. The standard InChI is InChI=1S/C28H43N3O2/c1-18-11-20-5-6-23-22(24(20)12-21(18)16-33-4)9-10-27(2)25(23)7-8-26(27)28(3,32)17-31-15-19(13-29)14-30-31/h14-15,18,20-26,32H,5-12,16-17H2,1-4H3/t18-,20-,21-,22+,23-,24+,25+,26+,27+,28-/m1/s1. The largest absolute Gasteiger partial charge is 0.388 e. The van der Waals surface area contributed by atoms with Gasteiger partial charge in [-0.1, -0.05) is 13.8 Å². The molecule has 10 atom stereocenters. The number of aliphatic hydroxyl groups is 1. The quantitative estimate of drug-likeness (QED) is 0.658. The summed E-state index contributed by atoms with van der Waals surface area (Å²) in [6.45, 7) is 8.35. The number of hydrogen-bond donors (Lipinski definition) is 1. The smallest absolute Gasteiger partial charge is 0.102 e. The molecule has 4 fully saturated rings. The summed E-state index contributed by atoms with van der Waals surface area (Å²) >= 11 is 0. The molecule has 4 aliphatic rings. The van der Waals surface area contributed by atoms with Gasteiger partial charge in [0, 0.05) is 19.9 Å². The second kappa shape index (κ2) is 8.68. The first-order chi connectivity index (χ1) is 15.8. The van der Waals surface area contributed by atoms with Gasteiger partial charge >= 0.3 is 0 Å². The Kier molecular flexibility index (Phi) is 6.15. The zero-order valence-electron chi connectivity index (χ0n) is 21.0. The van der Waals surface area contributed by atoms with Crippen LogP contribution in [0.1, 0.15) is 77.7 Å². The Bertz CT molecular complexity index is 888. The van der Waals surface area contributed by atoms with Crippen LogP contribution in [0.4, 0.5) is 0 Å². The molecule has 1 aromatic rings. The third-order valence-electron chi connectivity index (χ3n) is 10.9. The van der Waals surface area contributed by atoms with E-state index in [1.54, 1.807) is 17.1 Å². The maximum Gasteiger partial charge on any atom is 0.102 e. The minimum Gasteiger partial charge on any atom is -0.388 e. The first-order valence-corrected chi connectivity index (χ1v) is 13.4. The van der Waals surface area contributed by atoms with Crippen molar-refractivity contribution in [2.45, 2.75) is 84.3 Å². The molecule has 0 aromatic carbocycles. The first kappa shape index (κ1) is 23.4. The fraction of sp³-hybridized carbons (Fsp3) is 0.857. The molecule has 5 rings (SSSR count). The van der Waals surface area contributed by atoms with Crippen LogP contribution in [0.3, 0.4) is 0 Å². The monoisotopic (exact) mass is 453 g/mol. The predicted molar refractivity (Wildman–Crippen MR) is 128 cm³/mol. The number of nitriles is 1. The lowest BCUT2D eigenvalue weighted by Crippen LogP contribution is -2.53. The Morgan fingerprint density at radius 1 is 1.21 bits per heavy atom. The van der Waals surface area contributed by atoms with Gasteiger partial charge in [0.2, 0.25) is 0 Å². The number of fused-ring (bicyclic) bond motifs is 5. The van der Waals surface area contributed by atoms with E-state index in [4.69, 9.17) is 10.00 Å². The van der Waals surface area contributed by atoms with Gasteiger partial charge in [-0.15, -0.1) is 0 Å². The number of nitrogens with zero attached hydrogens (tertiary/aromatic N) is 3. The lowest BCUT2D eigenvalue weighted by atomic mass is 9.48. The van der Waals surface area contributed by atoms with Gasteiger partial charge in [-0.3, -0.25) is 4.68 Å². The minimum absolute atomic E-state index is 0.205. The van der Waals surface area contributed by atoms with Crippen molar-refractivity contribution in [3.05, 3.63) is 18.0 Å². The Labute approximate surface area is 199 Å². The van der Waals surface area contributed by atoms with Crippen molar-refractivity contribution in [1.82, 2.24) is 9.78 Å². The maximum atomic E-state index is 11.7. The number of hydrogen-bond acceptors (Lipinski definition) is 4. The molecule has 4 aliphatic carbocycles. The highest BCUT2D eigenvalue weighted by Crippen LogP contribution is 2.66. The minimum atomic E-state index is -0.809. The van der Waals surface area contributed by atoms with Crippen LogP contribution in [0.2, 0.25) is 0 Å². The van der Waals surface area contributed by atoms with Crippen molar-refractivity contribution < 1.29 is 9.84 Å². The van der Waals surface area contributed by atoms with Crippen molar-refractivity contribution in [3.8, 4) is 6.07 Å². The van der Waals surface area contributed by atoms with E-state index in [0.717, 1.165) is 54.5 Å². The number of methoxy groups -OCH3 is 1. The molecule has 0 unspecified atom stereocenters. The first-order valence-electron chi connectivity index (χ1n) is 13.4. The Morgan fingerprint density at radius 2 is 2.03 bits per heavy atom. The highest BCUT2D eigenvalue weighted by Gasteiger charge is 2.60. The van der Waals surface area contributed by atoms with Crippen molar-refractivity contribution in [1.29, 1.82) is 5.26 Å². The molecule has 4 saturated carbocycles. The number of ether oxygens (including phenoxy) is 1. The summed E-state index contributed by atoms with van der Waals surface area (Å²) in [4.78, 5) is 0. The average Bonchev–Trinajstić information content (AvgIpc) is 3.37. The predicted octanol–water partition coefficient (Wildman–Crippen LogP) is 5.28. The van der Waals surface area contributed by atoms with Crippen molar-refractivity contribution in [2.75, 3.05) is 13.7 Å². The van der Waals surface area contributed by atoms with Gasteiger partial charge in [0.05, 0.1) is 23.9 Å². The molecule has 5 nitrogen and oxygen atoms in total. The van der Waals surface area contributed by atoms with Gasteiger partial charge in [-0.2, -0.15) is 10.4 Å². The van der Waals surface area contributed by atoms with Crippen LogP contribution < -0.4 is 0 Å². The summed E-state index contributed by atoms with van der Waals surface area (Å²) in [6.07, 6.45) is 13.9. The molecule has 0 spiro atoms. The van der Waals surface area contributed by atoms with Crippen LogP contribution in [-0.4, -0.2) is 34.2 Å². The molecule has 5 heteroatoms. The molecular formula is C28H43N3O2. The maximum absolute atomic E-state index is 11.7. The molecule has 182 valence electrons. The van der Waals surface area contributed by atoms with Crippen LogP contribution in [0.5, 0.6) is 0 Å². The SMILES string of the molecule is COC[C@H]1C[C@H]2[C@H](CC[C@@H]3[C@@H]2CC[C@@]2(C)[C@H]3CC[C@@H]2[C@](C)(O)Cn2cc(C#N)cn2)C[C@H]1C. The third-order valence-corrected chi connectivity index (χ3v) is 10.9. The molecule has 1 N–H and O–H groups in total. The van der Waals surface area contributed by atoms with E-state index >= 15 is 0 Å². The molecule has 1 heterocycles. The van der Waals surface area contributed by atoms with Crippen LogP contribution in [-0.2, 0) is 11.3 Å². The topological polar surface area (TPSA) is 71.1 Å². The van der Waals surface area contributed by atoms with E-state index in [1.807, 2.05) is 14.0 Å². The van der Waals surface area contributed by atoms with Gasteiger partial charge in [0.25, 0.3) is 0 Å². The Balaban J connectivity index is 1.33. The number of rotatable bonds is 5. The van der Waals surface area contributed by atoms with E-state index in [-0.39, 0.29) is 11.3 Å². The summed E-state index contributed by atoms with van der Waals surface area (Å²) in [6, 6.07) is 2.15. The zero-order valence-corrected chi connectivity index (χ0v) is 21.0. The van der Waals surface area contributed by atoms with Crippen LogP contribution in [0.25, 0.3) is 0 Å². The molecule has 0 bridgehead atoms. The van der Waals surface area contributed by atoms with Gasteiger partial charge in [-0.25, -0.2) is 0 Å². The fourth-order valence-corrected chi connectivity index (χ4v) is 9.56. The van der Waals surface area contributed by atoms with Gasteiger partial charge < -0.3 is 9.84 Å². The highest BCUT2D eigenvalue weighted by molar-refractivity contribution is 5.21. The molecule has 0 amide bonds. The lowest BCUT2D eigenvalue weighted by molar-refractivity contribution is -0.120. The van der Waals surface area contributed by atoms with Gasteiger partial charge in [0.15, 0.2) is 0 Å². The molecule has 0 aliphatic heterocycles. The summed E-state index contributed by atoms with van der Waals surface area (Å²) < 4.78 is 7.38. The molecular weight excluding hydrogens is 410 g/mol. The van der Waals surface area contributed by atoms with E-state index in [1.165, 1.54) is 44.9 Å². The van der Waals surface area contributed by atoms with Crippen LogP contribution in [0, 0.1) is 64.1 Å². The van der Waals surface area contributed by atoms with Crippen LogP contribution >= 0.6 is 0 Å². The fourth-order valence-electron chi connectivity index (χ4n) is 9.56. The molecule has 1 aromatic heterocycles. The second-order valence-corrected chi connectivity index (χ2v) is 12.7. The van der Waals surface area contributed by atoms with Crippen molar-refractivity contribution in [2.24, 2.45) is 52.8 Å².